The van der Waals surface area contributed by atoms with Gasteiger partial charge in [-0.1, -0.05) is 83.5 Å². The van der Waals surface area contributed by atoms with E-state index in [-0.39, 0.29) is 10.1 Å². The van der Waals surface area contributed by atoms with Gasteiger partial charge in [-0.3, -0.25) is 0 Å². The largest absolute Gasteiger partial charge is 0.543 e. The van der Waals surface area contributed by atoms with Crippen molar-refractivity contribution in [3.8, 4) is 34.2 Å². The summed E-state index contributed by atoms with van der Waals surface area (Å²) in [5, 5.41) is 5.33. The Morgan fingerprint density at radius 1 is 0.738 bits per heavy atom. The quantitative estimate of drug-likeness (QED) is 0.175. The van der Waals surface area contributed by atoms with Crippen molar-refractivity contribution in [2.24, 2.45) is 0 Å². The zero-order chi connectivity index (χ0) is 30.9. The molecule has 42 heavy (non-hydrogen) atoms. The molecule has 5 nitrogen and oxygen atoms in total. The van der Waals surface area contributed by atoms with Crippen LogP contribution in [0, 0.1) is 0 Å². The first-order chi connectivity index (χ1) is 19.5. The van der Waals surface area contributed by atoms with Crippen molar-refractivity contribution in [3.05, 3.63) is 89.6 Å². The SMILES string of the molecule is CC(C)(C)[Si](C)(C)Oc1cc(O[Si](C)(C)C(C)(C)C)c(-c2ccnn2-c2ccccc2Cl)cc1COc1ccccc1. The number of benzene rings is 3. The molecular weight excluding hydrogens is 576 g/mol. The average molecular weight is 621 g/mol. The Bertz CT molecular complexity index is 1520. The van der Waals surface area contributed by atoms with Crippen LogP contribution in [0.25, 0.3) is 16.9 Å². The van der Waals surface area contributed by atoms with Crippen LogP contribution in [0.4, 0.5) is 0 Å². The number of halogens is 1. The van der Waals surface area contributed by atoms with E-state index in [1.54, 1.807) is 6.20 Å². The van der Waals surface area contributed by atoms with Gasteiger partial charge < -0.3 is 13.6 Å². The number of para-hydroxylation sites is 2. The van der Waals surface area contributed by atoms with Gasteiger partial charge in [-0.15, -0.1) is 0 Å². The topological polar surface area (TPSA) is 45.5 Å². The lowest BCUT2D eigenvalue weighted by Gasteiger charge is -2.39. The van der Waals surface area contributed by atoms with Gasteiger partial charge in [0.2, 0.25) is 8.32 Å². The molecule has 3 aromatic carbocycles. The summed E-state index contributed by atoms with van der Waals surface area (Å²) in [4.78, 5) is 0. The Kier molecular flexibility index (Phi) is 9.07. The lowest BCUT2D eigenvalue weighted by molar-refractivity contribution is 0.301. The lowest BCUT2D eigenvalue weighted by atomic mass is 10.1. The van der Waals surface area contributed by atoms with Crippen LogP contribution in [-0.4, -0.2) is 26.4 Å². The highest BCUT2D eigenvalue weighted by Crippen LogP contribution is 2.45. The zero-order valence-corrected chi connectivity index (χ0v) is 29.5. The maximum Gasteiger partial charge on any atom is 0.250 e. The summed E-state index contributed by atoms with van der Waals surface area (Å²) in [5.74, 6) is 2.39. The van der Waals surface area contributed by atoms with Crippen LogP contribution < -0.4 is 13.6 Å². The van der Waals surface area contributed by atoms with Crippen LogP contribution in [0.2, 0.25) is 41.3 Å². The molecule has 0 aliphatic heterocycles. The molecule has 0 saturated heterocycles. The molecule has 8 heteroatoms. The molecule has 0 bridgehead atoms. The summed E-state index contributed by atoms with van der Waals surface area (Å²) < 4.78 is 22.2. The van der Waals surface area contributed by atoms with Gasteiger partial charge in [0.25, 0.3) is 8.32 Å². The zero-order valence-electron chi connectivity index (χ0n) is 26.7. The molecule has 0 aliphatic rings. The van der Waals surface area contributed by atoms with E-state index in [4.69, 9.17) is 25.2 Å². The first-order valence-corrected chi connectivity index (χ1v) is 20.7. The fourth-order valence-electron chi connectivity index (χ4n) is 3.95. The summed E-state index contributed by atoms with van der Waals surface area (Å²) >= 11 is 6.65. The van der Waals surface area contributed by atoms with Crippen molar-refractivity contribution >= 4 is 28.2 Å². The highest BCUT2D eigenvalue weighted by Gasteiger charge is 2.41. The van der Waals surface area contributed by atoms with Crippen LogP contribution in [0.1, 0.15) is 47.1 Å². The normalized spacial score (nSPS) is 12.7. The van der Waals surface area contributed by atoms with Crippen LogP contribution in [-0.2, 0) is 6.61 Å². The van der Waals surface area contributed by atoms with Crippen molar-refractivity contribution in [2.45, 2.75) is 84.4 Å². The molecule has 0 amide bonds. The Hall–Kier alpha value is -3.01. The van der Waals surface area contributed by atoms with Gasteiger partial charge >= 0.3 is 0 Å². The van der Waals surface area contributed by atoms with Crippen LogP contribution in [0.3, 0.4) is 0 Å². The van der Waals surface area contributed by atoms with Crippen molar-refractivity contribution in [2.75, 3.05) is 0 Å². The van der Waals surface area contributed by atoms with Crippen molar-refractivity contribution in [1.82, 2.24) is 9.78 Å². The van der Waals surface area contributed by atoms with E-state index in [1.165, 1.54) is 0 Å². The van der Waals surface area contributed by atoms with E-state index >= 15 is 0 Å². The monoisotopic (exact) mass is 620 g/mol. The fourth-order valence-corrected chi connectivity index (χ4v) is 6.24. The Morgan fingerprint density at radius 3 is 1.90 bits per heavy atom. The number of rotatable bonds is 9. The number of nitrogens with zero attached hydrogens (tertiary/aromatic N) is 2. The van der Waals surface area contributed by atoms with Gasteiger partial charge in [-0.05, 0) is 72.7 Å². The second-order valence-electron chi connectivity index (χ2n) is 13.9. The number of hydrogen-bond donors (Lipinski definition) is 0. The first-order valence-electron chi connectivity index (χ1n) is 14.5. The summed E-state index contributed by atoms with van der Waals surface area (Å²) in [5.41, 5.74) is 3.57. The Morgan fingerprint density at radius 2 is 1.31 bits per heavy atom. The van der Waals surface area contributed by atoms with E-state index < -0.39 is 16.6 Å². The maximum atomic E-state index is 7.06. The second kappa shape index (κ2) is 11.9. The number of ether oxygens (including phenoxy) is 1. The van der Waals surface area contributed by atoms with E-state index in [9.17, 15) is 0 Å². The van der Waals surface area contributed by atoms with Gasteiger partial charge in [0.15, 0.2) is 0 Å². The standard InChI is InChI=1S/C34H45ClN2O3Si2/c1-33(2,3)41(7,8)39-31-23-32(40-42(9,10)34(4,5)6)27(22-25(31)24-38-26-16-12-11-13-17-26)29-20-21-36-37(29)30-19-15-14-18-28(30)35/h11-23H,24H2,1-10H3. The van der Waals surface area contributed by atoms with Crippen molar-refractivity contribution < 1.29 is 13.6 Å². The molecule has 1 heterocycles. The molecule has 0 unspecified atom stereocenters. The highest BCUT2D eigenvalue weighted by atomic mass is 35.5. The summed E-state index contributed by atoms with van der Waals surface area (Å²) in [6.45, 7) is 22.9. The summed E-state index contributed by atoms with van der Waals surface area (Å²) in [6.07, 6.45) is 1.80. The average Bonchev–Trinajstić information content (AvgIpc) is 3.37. The Balaban J connectivity index is 1.94. The molecule has 0 spiro atoms. The number of aromatic nitrogens is 2. The third-order valence-corrected chi connectivity index (χ3v) is 17.6. The molecule has 4 rings (SSSR count). The van der Waals surface area contributed by atoms with Crippen molar-refractivity contribution in [3.63, 3.8) is 0 Å². The van der Waals surface area contributed by atoms with Gasteiger partial charge in [0.05, 0.1) is 22.6 Å². The highest BCUT2D eigenvalue weighted by molar-refractivity contribution is 6.75. The molecule has 0 radical (unpaired) electrons. The maximum absolute atomic E-state index is 7.06. The molecule has 0 fully saturated rings. The van der Waals surface area contributed by atoms with Crippen LogP contribution in [0.5, 0.6) is 17.2 Å². The smallest absolute Gasteiger partial charge is 0.250 e. The minimum Gasteiger partial charge on any atom is -0.543 e. The molecule has 224 valence electrons. The van der Waals surface area contributed by atoms with E-state index in [0.29, 0.717) is 11.6 Å². The van der Waals surface area contributed by atoms with E-state index in [1.807, 2.05) is 65.3 Å². The molecule has 0 N–H and O–H groups in total. The first kappa shape index (κ1) is 31.9. The van der Waals surface area contributed by atoms with Gasteiger partial charge in [0, 0.05) is 17.2 Å². The van der Waals surface area contributed by atoms with Crippen LogP contribution >= 0.6 is 11.6 Å². The molecular formula is C34H45ClN2O3Si2. The summed E-state index contributed by atoms with van der Waals surface area (Å²) in [7, 11) is -4.43. The molecule has 0 atom stereocenters. The minimum absolute atomic E-state index is 0.00277. The second-order valence-corrected chi connectivity index (χ2v) is 23.7. The van der Waals surface area contributed by atoms with Crippen molar-refractivity contribution in [1.29, 1.82) is 0 Å². The van der Waals surface area contributed by atoms with E-state index in [2.05, 4.69) is 85.0 Å². The third kappa shape index (κ3) is 6.96. The predicted octanol–water partition coefficient (Wildman–Crippen LogP) is 10.5. The minimum atomic E-state index is -2.24. The van der Waals surface area contributed by atoms with Gasteiger partial charge in [-0.25, -0.2) is 4.68 Å². The fraction of sp³-hybridized carbons (Fsp3) is 0.382. The molecule has 0 aliphatic carbocycles. The van der Waals surface area contributed by atoms with Crippen LogP contribution in [0.15, 0.2) is 79.0 Å². The Labute approximate surface area is 259 Å². The van der Waals surface area contributed by atoms with E-state index in [0.717, 1.165) is 39.8 Å². The predicted molar refractivity (Wildman–Crippen MR) is 180 cm³/mol. The third-order valence-electron chi connectivity index (χ3n) is 8.64. The molecule has 4 aromatic rings. The molecule has 0 saturated carbocycles. The summed E-state index contributed by atoms with van der Waals surface area (Å²) in [6, 6.07) is 23.9. The van der Waals surface area contributed by atoms with Gasteiger partial charge in [-0.2, -0.15) is 5.10 Å². The lowest BCUT2D eigenvalue weighted by Crippen LogP contribution is -2.45. The number of hydrogen-bond acceptors (Lipinski definition) is 4. The van der Waals surface area contributed by atoms with Gasteiger partial charge in [0.1, 0.15) is 23.9 Å². The molecule has 1 aromatic heterocycles.